The molecule has 22 heavy (non-hydrogen) atoms. The molecule has 0 aliphatic carbocycles. The first-order valence-electron chi connectivity index (χ1n) is 6.91. The average molecular weight is 295 g/mol. The summed E-state index contributed by atoms with van der Waals surface area (Å²) < 4.78 is 5.51. The van der Waals surface area contributed by atoms with Gasteiger partial charge in [-0.1, -0.05) is 12.1 Å². The van der Waals surface area contributed by atoms with E-state index < -0.39 is 0 Å². The molecular weight excluding hydrogens is 278 g/mol. The van der Waals surface area contributed by atoms with Crippen LogP contribution in [0.1, 0.15) is 16.7 Å². The Morgan fingerprint density at radius 1 is 1.14 bits per heavy atom. The molecule has 2 rings (SSSR count). The number of ether oxygens (including phenoxy) is 1. The van der Waals surface area contributed by atoms with Crippen molar-refractivity contribution in [1.82, 2.24) is 0 Å². The number of azo groups is 1. The van der Waals surface area contributed by atoms with E-state index in [2.05, 4.69) is 16.3 Å². The first-order valence-corrected chi connectivity index (χ1v) is 6.91. The highest BCUT2D eigenvalue weighted by Gasteiger charge is 2.06. The Morgan fingerprint density at radius 2 is 1.82 bits per heavy atom. The van der Waals surface area contributed by atoms with Crippen LogP contribution in [-0.2, 0) is 0 Å². The molecule has 0 saturated heterocycles. The third-order valence-electron chi connectivity index (χ3n) is 3.08. The van der Waals surface area contributed by atoms with Crippen molar-refractivity contribution in [2.24, 2.45) is 10.2 Å². The second kappa shape index (κ2) is 7.34. The SMILES string of the molecule is Cc1cc(N=Nc2ccccc2C#N)cc(C)c1OCCO. The van der Waals surface area contributed by atoms with Crippen LogP contribution in [0.15, 0.2) is 46.6 Å². The van der Waals surface area contributed by atoms with Crippen molar-refractivity contribution in [3.05, 3.63) is 53.1 Å². The monoisotopic (exact) mass is 295 g/mol. The lowest BCUT2D eigenvalue weighted by Crippen LogP contribution is -2.04. The standard InChI is InChI=1S/C17H17N3O2/c1-12-9-15(10-13(2)17(12)22-8-7-21)19-20-16-6-4-3-5-14(16)11-18/h3-6,9-10,21H,7-8H2,1-2H3. The van der Waals surface area contributed by atoms with Crippen LogP contribution in [0.4, 0.5) is 11.4 Å². The lowest BCUT2D eigenvalue weighted by molar-refractivity contribution is 0.200. The van der Waals surface area contributed by atoms with E-state index >= 15 is 0 Å². The van der Waals surface area contributed by atoms with Gasteiger partial charge in [0.1, 0.15) is 24.1 Å². The minimum atomic E-state index is -0.0225. The number of hydrogen-bond donors (Lipinski definition) is 1. The Labute approximate surface area is 129 Å². The molecule has 0 fully saturated rings. The summed E-state index contributed by atoms with van der Waals surface area (Å²) in [4.78, 5) is 0. The molecule has 112 valence electrons. The molecule has 0 unspecified atom stereocenters. The fraction of sp³-hybridized carbons (Fsp3) is 0.235. The maximum Gasteiger partial charge on any atom is 0.125 e. The summed E-state index contributed by atoms with van der Waals surface area (Å²) in [6.45, 7) is 4.08. The number of aryl methyl sites for hydroxylation is 2. The zero-order valence-corrected chi connectivity index (χ0v) is 12.6. The van der Waals surface area contributed by atoms with Gasteiger partial charge >= 0.3 is 0 Å². The summed E-state index contributed by atoms with van der Waals surface area (Å²) in [5, 5.41) is 26.2. The highest BCUT2D eigenvalue weighted by atomic mass is 16.5. The van der Waals surface area contributed by atoms with Crippen molar-refractivity contribution in [2.45, 2.75) is 13.8 Å². The first-order chi connectivity index (χ1) is 10.7. The third-order valence-corrected chi connectivity index (χ3v) is 3.08. The number of benzene rings is 2. The Hall–Kier alpha value is -2.71. The van der Waals surface area contributed by atoms with Crippen LogP contribution in [0, 0.1) is 25.2 Å². The normalized spacial score (nSPS) is 10.6. The maximum atomic E-state index is 9.03. The largest absolute Gasteiger partial charge is 0.491 e. The zero-order valence-electron chi connectivity index (χ0n) is 12.6. The van der Waals surface area contributed by atoms with Crippen molar-refractivity contribution in [1.29, 1.82) is 5.26 Å². The smallest absolute Gasteiger partial charge is 0.125 e. The Bertz CT molecular complexity index is 710. The predicted molar refractivity (Wildman–Crippen MR) is 83.8 cm³/mol. The Balaban J connectivity index is 2.27. The first kappa shape index (κ1) is 15.7. The molecular formula is C17H17N3O2. The maximum absolute atomic E-state index is 9.03. The van der Waals surface area contributed by atoms with Gasteiger partial charge in [0, 0.05) is 0 Å². The van der Waals surface area contributed by atoms with E-state index in [0.29, 0.717) is 16.9 Å². The number of rotatable bonds is 5. The lowest BCUT2D eigenvalue weighted by atomic mass is 10.1. The second-order valence-electron chi connectivity index (χ2n) is 4.81. The summed E-state index contributed by atoms with van der Waals surface area (Å²) in [6, 6.07) is 12.9. The fourth-order valence-corrected chi connectivity index (χ4v) is 2.13. The van der Waals surface area contributed by atoms with Crippen LogP contribution in [-0.4, -0.2) is 18.3 Å². The van der Waals surface area contributed by atoms with E-state index in [1.165, 1.54) is 0 Å². The van der Waals surface area contributed by atoms with Crippen LogP contribution in [0.5, 0.6) is 5.75 Å². The molecule has 0 spiro atoms. The Kier molecular flexibility index (Phi) is 5.23. The van der Waals surface area contributed by atoms with Crippen LogP contribution >= 0.6 is 0 Å². The highest BCUT2D eigenvalue weighted by Crippen LogP contribution is 2.30. The minimum absolute atomic E-state index is 0.0225. The molecule has 5 heteroatoms. The van der Waals surface area contributed by atoms with Crippen molar-refractivity contribution in [3.63, 3.8) is 0 Å². The number of hydrogen-bond acceptors (Lipinski definition) is 5. The molecule has 0 amide bonds. The molecule has 0 heterocycles. The molecule has 0 aliphatic heterocycles. The van der Waals surface area contributed by atoms with Crippen LogP contribution in [0.25, 0.3) is 0 Å². The second-order valence-corrected chi connectivity index (χ2v) is 4.81. The van der Waals surface area contributed by atoms with E-state index in [1.807, 2.05) is 32.0 Å². The van der Waals surface area contributed by atoms with Gasteiger partial charge in [-0.2, -0.15) is 10.4 Å². The molecule has 1 N–H and O–H groups in total. The van der Waals surface area contributed by atoms with Crippen LogP contribution < -0.4 is 4.74 Å². The topological polar surface area (TPSA) is 78.0 Å². The molecule has 5 nitrogen and oxygen atoms in total. The van der Waals surface area contributed by atoms with Gasteiger partial charge in [-0.3, -0.25) is 0 Å². The number of nitrogens with zero attached hydrogens (tertiary/aromatic N) is 3. The summed E-state index contributed by atoms with van der Waals surface area (Å²) in [7, 11) is 0. The van der Waals surface area contributed by atoms with E-state index in [4.69, 9.17) is 15.1 Å². The van der Waals surface area contributed by atoms with Crippen LogP contribution in [0.3, 0.4) is 0 Å². The van der Waals surface area contributed by atoms with Gasteiger partial charge in [0.05, 0.1) is 17.9 Å². The molecule has 0 aromatic heterocycles. The number of nitriles is 1. The van der Waals surface area contributed by atoms with Gasteiger partial charge in [-0.25, -0.2) is 0 Å². The van der Waals surface area contributed by atoms with Gasteiger partial charge in [0.15, 0.2) is 0 Å². The average Bonchev–Trinajstić information content (AvgIpc) is 2.52. The molecule has 0 saturated carbocycles. The summed E-state index contributed by atoms with van der Waals surface area (Å²) in [5.74, 6) is 0.755. The summed E-state index contributed by atoms with van der Waals surface area (Å²) in [6.07, 6.45) is 0. The van der Waals surface area contributed by atoms with Gasteiger partial charge in [0.25, 0.3) is 0 Å². The minimum Gasteiger partial charge on any atom is -0.491 e. The quantitative estimate of drug-likeness (QED) is 0.848. The lowest BCUT2D eigenvalue weighted by Gasteiger charge is -2.11. The van der Waals surface area contributed by atoms with Gasteiger partial charge in [-0.05, 0) is 49.2 Å². The van der Waals surface area contributed by atoms with Gasteiger partial charge in [-0.15, -0.1) is 5.11 Å². The third kappa shape index (κ3) is 3.68. The van der Waals surface area contributed by atoms with Crippen LogP contribution in [0.2, 0.25) is 0 Å². The molecule has 0 bridgehead atoms. The summed E-state index contributed by atoms with van der Waals surface area (Å²) in [5.41, 5.74) is 3.58. The van der Waals surface area contributed by atoms with Gasteiger partial charge in [0.2, 0.25) is 0 Å². The van der Waals surface area contributed by atoms with Crippen molar-refractivity contribution in [3.8, 4) is 11.8 Å². The van der Waals surface area contributed by atoms with Crippen molar-refractivity contribution in [2.75, 3.05) is 13.2 Å². The van der Waals surface area contributed by atoms with E-state index in [1.54, 1.807) is 18.2 Å². The molecule has 0 radical (unpaired) electrons. The van der Waals surface area contributed by atoms with E-state index in [0.717, 1.165) is 16.9 Å². The highest BCUT2D eigenvalue weighted by molar-refractivity contribution is 5.54. The zero-order chi connectivity index (χ0) is 15.9. The van der Waals surface area contributed by atoms with E-state index in [-0.39, 0.29) is 13.2 Å². The fourth-order valence-electron chi connectivity index (χ4n) is 2.13. The van der Waals surface area contributed by atoms with Gasteiger partial charge < -0.3 is 9.84 Å². The molecule has 0 atom stereocenters. The molecule has 2 aromatic carbocycles. The van der Waals surface area contributed by atoms with E-state index in [9.17, 15) is 0 Å². The molecule has 0 aliphatic rings. The van der Waals surface area contributed by atoms with Crippen molar-refractivity contribution >= 4 is 11.4 Å². The predicted octanol–water partition coefficient (Wildman–Crippen LogP) is 3.96. The van der Waals surface area contributed by atoms with Crippen molar-refractivity contribution < 1.29 is 9.84 Å². The Morgan fingerprint density at radius 3 is 2.45 bits per heavy atom. The number of aliphatic hydroxyl groups excluding tert-OH is 1. The summed E-state index contributed by atoms with van der Waals surface area (Å²) >= 11 is 0. The molecule has 2 aromatic rings. The number of aliphatic hydroxyl groups is 1.